The molecule has 1 unspecified atom stereocenters. The van der Waals surface area contributed by atoms with Crippen LogP contribution < -0.4 is 5.73 Å². The van der Waals surface area contributed by atoms with Crippen molar-refractivity contribution in [3.8, 4) is 17.2 Å². The normalized spacial score (nSPS) is 16.7. The first-order valence-electron chi connectivity index (χ1n) is 8.11. The maximum absolute atomic E-state index is 14.4. The Morgan fingerprint density at radius 3 is 2.87 bits per heavy atom. The minimum atomic E-state index is -0.325. The average molecular weight is 309 g/mol. The lowest BCUT2D eigenvalue weighted by Gasteiger charge is -2.27. The number of nitrogens with zero attached hydrogens (tertiary/aromatic N) is 2. The molecule has 1 atom stereocenters. The minimum Gasteiger partial charge on any atom is -0.383 e. The number of benzene rings is 1. The number of pyridine rings is 1. The van der Waals surface area contributed by atoms with E-state index in [1.54, 1.807) is 18.2 Å². The number of fused-ring (bicyclic) bond motifs is 1. The lowest BCUT2D eigenvalue weighted by molar-refractivity contribution is 0.419. The number of anilines is 1. The number of aryl methyl sites for hydroxylation is 1. The van der Waals surface area contributed by atoms with Gasteiger partial charge in [0.25, 0.3) is 0 Å². The summed E-state index contributed by atoms with van der Waals surface area (Å²) in [5.74, 6) is 0.447. The van der Waals surface area contributed by atoms with Crippen LogP contribution in [0.2, 0.25) is 0 Å². The Balaban J connectivity index is 2.23. The molecule has 2 N–H and O–H groups in total. The van der Waals surface area contributed by atoms with Crippen molar-refractivity contribution in [2.24, 2.45) is 5.92 Å². The summed E-state index contributed by atoms with van der Waals surface area (Å²) < 4.78 is 14.4. The molecule has 1 aliphatic rings. The van der Waals surface area contributed by atoms with Gasteiger partial charge in [0.05, 0.1) is 0 Å². The largest absolute Gasteiger partial charge is 0.383 e. The van der Waals surface area contributed by atoms with Crippen molar-refractivity contribution < 1.29 is 4.39 Å². The molecule has 1 aromatic carbocycles. The van der Waals surface area contributed by atoms with Crippen LogP contribution in [0.5, 0.6) is 0 Å². The summed E-state index contributed by atoms with van der Waals surface area (Å²) in [5.41, 5.74) is 9.30. The van der Waals surface area contributed by atoms with Gasteiger partial charge in [-0.15, -0.1) is 0 Å². The summed E-state index contributed by atoms with van der Waals surface area (Å²) in [6, 6.07) is 8.71. The van der Waals surface area contributed by atoms with Crippen molar-refractivity contribution in [1.29, 1.82) is 5.26 Å². The van der Waals surface area contributed by atoms with Gasteiger partial charge in [-0.25, -0.2) is 9.37 Å². The van der Waals surface area contributed by atoms with Gasteiger partial charge in [0.1, 0.15) is 23.3 Å². The van der Waals surface area contributed by atoms with E-state index in [4.69, 9.17) is 5.73 Å². The zero-order chi connectivity index (χ0) is 16.4. The van der Waals surface area contributed by atoms with E-state index in [1.807, 2.05) is 0 Å². The number of hydrogen-bond acceptors (Lipinski definition) is 3. The average Bonchev–Trinajstić information content (AvgIpc) is 2.55. The molecule has 4 heteroatoms. The summed E-state index contributed by atoms with van der Waals surface area (Å²) >= 11 is 0. The number of nitrogens with two attached hydrogens (primary N) is 1. The molecule has 0 saturated heterocycles. The van der Waals surface area contributed by atoms with Crippen LogP contribution in [0, 0.1) is 23.1 Å². The Labute approximate surface area is 136 Å². The van der Waals surface area contributed by atoms with Crippen molar-refractivity contribution >= 4 is 5.82 Å². The van der Waals surface area contributed by atoms with Gasteiger partial charge in [-0.2, -0.15) is 5.26 Å². The molecular weight excluding hydrogens is 289 g/mol. The first-order valence-corrected chi connectivity index (χ1v) is 8.11. The van der Waals surface area contributed by atoms with E-state index in [9.17, 15) is 9.65 Å². The van der Waals surface area contributed by atoms with Crippen molar-refractivity contribution in [2.75, 3.05) is 5.73 Å². The topological polar surface area (TPSA) is 62.7 Å². The fourth-order valence-corrected chi connectivity index (χ4v) is 3.58. The van der Waals surface area contributed by atoms with Gasteiger partial charge in [0.2, 0.25) is 0 Å². The maximum Gasteiger partial charge on any atom is 0.142 e. The van der Waals surface area contributed by atoms with Crippen molar-refractivity contribution in [3.05, 3.63) is 46.9 Å². The Kier molecular flexibility index (Phi) is 4.29. The maximum atomic E-state index is 14.4. The van der Waals surface area contributed by atoms with Gasteiger partial charge < -0.3 is 5.73 Å². The monoisotopic (exact) mass is 309 g/mol. The highest BCUT2D eigenvalue weighted by atomic mass is 19.1. The predicted molar refractivity (Wildman–Crippen MR) is 89.2 cm³/mol. The quantitative estimate of drug-likeness (QED) is 0.922. The van der Waals surface area contributed by atoms with Gasteiger partial charge in [-0.1, -0.05) is 38.0 Å². The zero-order valence-corrected chi connectivity index (χ0v) is 13.3. The molecule has 3 nitrogen and oxygen atoms in total. The van der Waals surface area contributed by atoms with E-state index < -0.39 is 0 Å². The van der Waals surface area contributed by atoms with Crippen LogP contribution in [0.3, 0.4) is 0 Å². The Morgan fingerprint density at radius 2 is 2.17 bits per heavy atom. The molecule has 0 saturated carbocycles. The SMILES string of the molecule is CCCC1CCc2nc(N)c(C#N)c(-c3ccccc3F)c2C1. The summed E-state index contributed by atoms with van der Waals surface area (Å²) in [6.07, 6.45) is 5.03. The molecule has 0 fully saturated rings. The third kappa shape index (κ3) is 2.79. The third-order valence-electron chi connectivity index (χ3n) is 4.65. The van der Waals surface area contributed by atoms with Crippen LogP contribution in [0.25, 0.3) is 11.1 Å². The van der Waals surface area contributed by atoms with Crippen molar-refractivity contribution in [2.45, 2.75) is 39.0 Å². The number of nitrogen functional groups attached to an aromatic ring is 1. The molecule has 0 bridgehead atoms. The minimum absolute atomic E-state index is 0.207. The summed E-state index contributed by atoms with van der Waals surface area (Å²) in [4.78, 5) is 4.43. The van der Waals surface area contributed by atoms with Crippen LogP contribution >= 0.6 is 0 Å². The molecule has 0 spiro atoms. The fraction of sp³-hybridized carbons (Fsp3) is 0.368. The van der Waals surface area contributed by atoms with Crippen LogP contribution in [0.15, 0.2) is 24.3 Å². The Morgan fingerprint density at radius 1 is 1.39 bits per heavy atom. The number of hydrogen-bond donors (Lipinski definition) is 1. The molecule has 1 aromatic heterocycles. The lowest BCUT2D eigenvalue weighted by Crippen LogP contribution is -2.18. The molecule has 0 aliphatic heterocycles. The standard InChI is InChI=1S/C19H20FN3/c1-2-5-12-8-9-17-14(10-12)18(15(11-21)19(22)23-17)13-6-3-4-7-16(13)20/h3-4,6-7,12H,2,5,8-10H2,1H3,(H2,22,23). The predicted octanol–water partition coefficient (Wildman–Crippen LogP) is 4.25. The number of nitriles is 1. The van der Waals surface area contributed by atoms with Crippen LogP contribution in [0.1, 0.15) is 43.0 Å². The summed E-state index contributed by atoms with van der Waals surface area (Å²) in [7, 11) is 0. The zero-order valence-electron chi connectivity index (χ0n) is 13.3. The van der Waals surface area contributed by atoms with E-state index in [2.05, 4.69) is 18.0 Å². The van der Waals surface area contributed by atoms with Crippen LogP contribution in [-0.4, -0.2) is 4.98 Å². The van der Waals surface area contributed by atoms with Gasteiger partial charge in [-0.3, -0.25) is 0 Å². The van der Waals surface area contributed by atoms with Crippen LogP contribution in [0.4, 0.5) is 10.2 Å². The second-order valence-electron chi connectivity index (χ2n) is 6.16. The lowest BCUT2D eigenvalue weighted by atomic mass is 9.79. The number of halogens is 1. The third-order valence-corrected chi connectivity index (χ3v) is 4.65. The van der Waals surface area contributed by atoms with Gasteiger partial charge in [-0.05, 0) is 36.8 Å². The summed E-state index contributed by atoms with van der Waals surface area (Å²) in [6.45, 7) is 2.18. The first kappa shape index (κ1) is 15.5. The van der Waals surface area contributed by atoms with Gasteiger partial charge in [0, 0.05) is 16.8 Å². The van der Waals surface area contributed by atoms with E-state index in [0.29, 0.717) is 22.6 Å². The first-order chi connectivity index (χ1) is 11.2. The molecule has 0 radical (unpaired) electrons. The molecule has 0 amide bonds. The molecule has 3 rings (SSSR count). The van der Waals surface area contributed by atoms with E-state index >= 15 is 0 Å². The molecule has 1 aliphatic carbocycles. The molecule has 23 heavy (non-hydrogen) atoms. The second-order valence-corrected chi connectivity index (χ2v) is 6.16. The number of rotatable bonds is 3. The highest BCUT2D eigenvalue weighted by molar-refractivity contribution is 5.79. The van der Waals surface area contributed by atoms with E-state index in [-0.39, 0.29) is 11.6 Å². The van der Waals surface area contributed by atoms with Crippen LogP contribution in [-0.2, 0) is 12.8 Å². The highest BCUT2D eigenvalue weighted by Crippen LogP contribution is 2.39. The van der Waals surface area contributed by atoms with Crippen molar-refractivity contribution in [3.63, 3.8) is 0 Å². The van der Waals surface area contributed by atoms with Crippen molar-refractivity contribution in [1.82, 2.24) is 4.98 Å². The Bertz CT molecular complexity index is 777. The van der Waals surface area contributed by atoms with Gasteiger partial charge >= 0.3 is 0 Å². The molecule has 1 heterocycles. The number of aromatic nitrogens is 1. The highest BCUT2D eigenvalue weighted by Gasteiger charge is 2.27. The summed E-state index contributed by atoms with van der Waals surface area (Å²) in [5, 5.41) is 9.53. The van der Waals surface area contributed by atoms with E-state index in [0.717, 1.165) is 43.4 Å². The second kappa shape index (κ2) is 6.37. The van der Waals surface area contributed by atoms with Gasteiger partial charge in [0.15, 0.2) is 0 Å². The molecular formula is C19H20FN3. The molecule has 118 valence electrons. The van der Waals surface area contributed by atoms with E-state index in [1.165, 1.54) is 6.07 Å². The Hall–Kier alpha value is -2.41. The fourth-order valence-electron chi connectivity index (χ4n) is 3.58. The molecule has 2 aromatic rings. The smallest absolute Gasteiger partial charge is 0.142 e.